The Kier molecular flexibility index (Phi) is 4.08. The fourth-order valence-electron chi connectivity index (χ4n) is 0.804. The lowest BCUT2D eigenvalue weighted by molar-refractivity contribution is -0.127. The fourth-order valence-corrected chi connectivity index (χ4v) is 0.882. The SMILES string of the molecule is COc1ccc(/C=C/C(=O)OP)nc1. The Hall–Kier alpha value is -1.41. The third-order valence-corrected chi connectivity index (χ3v) is 1.73. The summed E-state index contributed by atoms with van der Waals surface area (Å²) in [5.74, 6) is 0.239. The molecule has 0 aliphatic heterocycles. The Morgan fingerprint density at radius 1 is 1.57 bits per heavy atom. The number of nitrogens with zero attached hydrogens (tertiary/aromatic N) is 1. The van der Waals surface area contributed by atoms with E-state index in [1.165, 1.54) is 6.08 Å². The van der Waals surface area contributed by atoms with Gasteiger partial charge in [0.2, 0.25) is 0 Å². The van der Waals surface area contributed by atoms with Crippen LogP contribution in [0.3, 0.4) is 0 Å². The van der Waals surface area contributed by atoms with E-state index in [4.69, 9.17) is 4.74 Å². The maximum absolute atomic E-state index is 10.7. The Labute approximate surface area is 84.2 Å². The first-order valence-electron chi connectivity index (χ1n) is 3.85. The fraction of sp³-hybridized carbons (Fsp3) is 0.111. The summed E-state index contributed by atoms with van der Waals surface area (Å²) in [6.07, 6.45) is 4.43. The van der Waals surface area contributed by atoms with Crippen LogP contribution in [0.4, 0.5) is 0 Å². The van der Waals surface area contributed by atoms with Gasteiger partial charge in [-0.15, -0.1) is 0 Å². The molecule has 0 radical (unpaired) electrons. The highest BCUT2D eigenvalue weighted by Crippen LogP contribution is 2.08. The number of rotatable bonds is 3. The summed E-state index contributed by atoms with van der Waals surface area (Å²) in [5.41, 5.74) is 0.668. The van der Waals surface area contributed by atoms with Gasteiger partial charge in [-0.25, -0.2) is 4.79 Å². The van der Waals surface area contributed by atoms with Crippen molar-refractivity contribution in [2.75, 3.05) is 7.11 Å². The second-order valence-electron chi connectivity index (χ2n) is 2.39. The van der Waals surface area contributed by atoms with Gasteiger partial charge in [0.1, 0.15) is 5.75 Å². The molecule has 0 spiro atoms. The summed E-state index contributed by atoms with van der Waals surface area (Å²) in [6, 6.07) is 3.50. The topological polar surface area (TPSA) is 48.4 Å². The highest BCUT2D eigenvalue weighted by Gasteiger charge is 1.94. The van der Waals surface area contributed by atoms with Crippen molar-refractivity contribution >= 4 is 21.5 Å². The molecule has 5 heteroatoms. The molecule has 1 rings (SSSR count). The van der Waals surface area contributed by atoms with Crippen LogP contribution in [-0.2, 0) is 9.32 Å². The van der Waals surface area contributed by atoms with Gasteiger partial charge >= 0.3 is 5.97 Å². The zero-order valence-electron chi connectivity index (χ0n) is 7.64. The highest BCUT2D eigenvalue weighted by atomic mass is 31.0. The molecule has 0 bridgehead atoms. The van der Waals surface area contributed by atoms with Crippen molar-refractivity contribution in [1.29, 1.82) is 0 Å². The maximum atomic E-state index is 10.7. The van der Waals surface area contributed by atoms with Crippen LogP contribution in [0.15, 0.2) is 24.4 Å². The number of hydrogen-bond donors (Lipinski definition) is 0. The van der Waals surface area contributed by atoms with Crippen LogP contribution in [0.25, 0.3) is 6.08 Å². The van der Waals surface area contributed by atoms with Crippen molar-refractivity contribution < 1.29 is 14.1 Å². The number of aromatic nitrogens is 1. The Morgan fingerprint density at radius 2 is 2.36 bits per heavy atom. The number of carbonyl (C=O) groups is 1. The molecular formula is C9H10NO3P. The molecule has 1 heterocycles. The summed E-state index contributed by atoms with van der Waals surface area (Å²) < 4.78 is 9.29. The number of hydrogen-bond acceptors (Lipinski definition) is 4. The van der Waals surface area contributed by atoms with Crippen LogP contribution < -0.4 is 4.74 Å². The maximum Gasteiger partial charge on any atom is 0.332 e. The van der Waals surface area contributed by atoms with Gasteiger partial charge in [-0.3, -0.25) is 4.98 Å². The number of methoxy groups -OCH3 is 1. The molecule has 1 unspecified atom stereocenters. The minimum absolute atomic E-state index is 0.437. The molecule has 74 valence electrons. The van der Waals surface area contributed by atoms with Crippen LogP contribution in [0.2, 0.25) is 0 Å². The normalized spacial score (nSPS) is 10.1. The predicted octanol–water partition coefficient (Wildman–Crippen LogP) is 1.44. The van der Waals surface area contributed by atoms with Gasteiger partial charge in [0.15, 0.2) is 0 Å². The van der Waals surface area contributed by atoms with Crippen molar-refractivity contribution in [3.63, 3.8) is 0 Å². The van der Waals surface area contributed by atoms with E-state index < -0.39 is 5.97 Å². The first kappa shape index (κ1) is 10.7. The van der Waals surface area contributed by atoms with E-state index in [9.17, 15) is 4.79 Å². The lowest BCUT2D eigenvalue weighted by Crippen LogP contribution is -1.89. The third kappa shape index (κ3) is 3.15. The average Bonchev–Trinajstić information content (AvgIpc) is 2.26. The van der Waals surface area contributed by atoms with Crippen molar-refractivity contribution in [1.82, 2.24) is 4.98 Å². The van der Waals surface area contributed by atoms with Crippen molar-refractivity contribution in [2.45, 2.75) is 0 Å². The van der Waals surface area contributed by atoms with Crippen molar-refractivity contribution in [2.24, 2.45) is 0 Å². The van der Waals surface area contributed by atoms with Crippen LogP contribution >= 0.6 is 9.47 Å². The zero-order chi connectivity index (χ0) is 10.4. The van der Waals surface area contributed by atoms with E-state index in [0.29, 0.717) is 11.4 Å². The summed E-state index contributed by atoms with van der Waals surface area (Å²) in [4.78, 5) is 14.8. The summed E-state index contributed by atoms with van der Waals surface area (Å²) in [5, 5.41) is 0. The minimum Gasteiger partial charge on any atom is -0.495 e. The summed E-state index contributed by atoms with van der Waals surface area (Å²) in [6.45, 7) is 0. The quantitative estimate of drug-likeness (QED) is 0.560. The molecule has 0 N–H and O–H groups in total. The van der Waals surface area contributed by atoms with Crippen LogP contribution in [0, 0.1) is 0 Å². The van der Waals surface area contributed by atoms with E-state index in [0.717, 1.165) is 0 Å². The molecule has 0 aliphatic rings. The van der Waals surface area contributed by atoms with E-state index in [1.807, 2.05) is 9.47 Å². The molecule has 1 atom stereocenters. The predicted molar refractivity (Wildman–Crippen MR) is 55.6 cm³/mol. The Balaban J connectivity index is 2.68. The van der Waals surface area contributed by atoms with Gasteiger partial charge in [-0.1, -0.05) is 0 Å². The lowest BCUT2D eigenvalue weighted by atomic mass is 10.3. The standard InChI is InChI=1S/C9H10NO3P/c1-12-8-4-2-7(10-6-8)3-5-9(11)13-14/h2-6H,14H2,1H3/b5-3+. The molecule has 14 heavy (non-hydrogen) atoms. The van der Waals surface area contributed by atoms with Gasteiger partial charge in [-0.2, -0.15) is 0 Å². The van der Waals surface area contributed by atoms with Crippen LogP contribution in [-0.4, -0.2) is 18.1 Å². The van der Waals surface area contributed by atoms with E-state index >= 15 is 0 Å². The van der Waals surface area contributed by atoms with Crippen LogP contribution in [0.1, 0.15) is 5.69 Å². The molecule has 0 fully saturated rings. The molecule has 0 amide bonds. The molecule has 1 aromatic rings. The second kappa shape index (κ2) is 5.35. The molecular weight excluding hydrogens is 201 g/mol. The smallest absolute Gasteiger partial charge is 0.332 e. The van der Waals surface area contributed by atoms with E-state index in [2.05, 4.69) is 9.51 Å². The largest absolute Gasteiger partial charge is 0.495 e. The summed E-state index contributed by atoms with van der Waals surface area (Å²) in [7, 11) is 3.45. The van der Waals surface area contributed by atoms with Crippen LogP contribution in [0.5, 0.6) is 5.75 Å². The zero-order valence-corrected chi connectivity index (χ0v) is 8.79. The lowest BCUT2D eigenvalue weighted by Gasteiger charge is -1.97. The highest BCUT2D eigenvalue weighted by molar-refractivity contribution is 7.10. The van der Waals surface area contributed by atoms with Gasteiger partial charge in [0, 0.05) is 6.08 Å². The van der Waals surface area contributed by atoms with Crippen molar-refractivity contribution in [3.8, 4) is 5.75 Å². The Morgan fingerprint density at radius 3 is 2.86 bits per heavy atom. The van der Waals surface area contributed by atoms with E-state index in [1.54, 1.807) is 31.5 Å². The number of ether oxygens (including phenoxy) is 1. The molecule has 4 nitrogen and oxygen atoms in total. The second-order valence-corrected chi connectivity index (χ2v) is 2.63. The monoisotopic (exact) mass is 211 g/mol. The summed E-state index contributed by atoms with van der Waals surface area (Å²) >= 11 is 0. The Bertz CT molecular complexity index is 334. The number of pyridine rings is 1. The molecule has 0 aromatic carbocycles. The van der Waals surface area contributed by atoms with Gasteiger partial charge in [0.05, 0.1) is 28.5 Å². The van der Waals surface area contributed by atoms with E-state index in [-0.39, 0.29) is 0 Å². The third-order valence-electron chi connectivity index (χ3n) is 1.50. The first-order valence-corrected chi connectivity index (χ1v) is 4.32. The van der Waals surface area contributed by atoms with Crippen molar-refractivity contribution in [3.05, 3.63) is 30.1 Å². The van der Waals surface area contributed by atoms with Gasteiger partial charge in [-0.05, 0) is 18.2 Å². The molecule has 0 saturated heterocycles. The molecule has 0 aliphatic carbocycles. The number of carbonyl (C=O) groups excluding carboxylic acids is 1. The first-order chi connectivity index (χ1) is 6.76. The average molecular weight is 211 g/mol. The molecule has 1 aromatic heterocycles. The minimum atomic E-state index is -0.437. The molecule has 0 saturated carbocycles. The van der Waals surface area contributed by atoms with Gasteiger partial charge in [0.25, 0.3) is 0 Å². The van der Waals surface area contributed by atoms with Gasteiger partial charge < -0.3 is 9.26 Å².